The molecule has 0 saturated carbocycles. The second kappa shape index (κ2) is 5.15. The molecule has 0 bridgehead atoms. The van der Waals surface area contributed by atoms with Crippen LogP contribution in [0.4, 0.5) is 23.5 Å². The summed E-state index contributed by atoms with van der Waals surface area (Å²) in [6, 6.07) is 1.28. The van der Waals surface area contributed by atoms with E-state index in [0.717, 1.165) is 0 Å². The van der Waals surface area contributed by atoms with Crippen molar-refractivity contribution in [2.75, 3.05) is 19.0 Å². The zero-order chi connectivity index (χ0) is 13.1. The molecule has 0 aliphatic heterocycles. The van der Waals surface area contributed by atoms with Gasteiger partial charge in [0.2, 0.25) is 11.8 Å². The standard InChI is InChI=1S/C9H11F4N3O/c1-5-3-6(16-8(14-2)15-5)17-4-9(12,13)7(10)11/h3,7H,4H2,1-2H3,(H,14,15,16). The number of halogens is 4. The van der Waals surface area contributed by atoms with Gasteiger partial charge >= 0.3 is 12.3 Å². The molecule has 96 valence electrons. The minimum Gasteiger partial charge on any atom is -0.471 e. The summed E-state index contributed by atoms with van der Waals surface area (Å²) in [5.41, 5.74) is 0.472. The summed E-state index contributed by atoms with van der Waals surface area (Å²) < 4.78 is 53.4. The van der Waals surface area contributed by atoms with Crippen molar-refractivity contribution in [1.82, 2.24) is 9.97 Å². The Balaban J connectivity index is 2.72. The van der Waals surface area contributed by atoms with Crippen molar-refractivity contribution in [3.8, 4) is 5.88 Å². The van der Waals surface area contributed by atoms with Crippen molar-refractivity contribution in [2.24, 2.45) is 0 Å². The van der Waals surface area contributed by atoms with Crippen LogP contribution in [0.2, 0.25) is 0 Å². The smallest absolute Gasteiger partial charge is 0.340 e. The molecule has 4 nitrogen and oxygen atoms in total. The van der Waals surface area contributed by atoms with E-state index < -0.39 is 19.0 Å². The van der Waals surface area contributed by atoms with Gasteiger partial charge in [-0.05, 0) is 6.92 Å². The van der Waals surface area contributed by atoms with E-state index in [0.29, 0.717) is 5.69 Å². The molecule has 1 aromatic rings. The van der Waals surface area contributed by atoms with Crippen molar-refractivity contribution in [3.63, 3.8) is 0 Å². The summed E-state index contributed by atoms with van der Waals surface area (Å²) in [5.74, 6) is -4.21. The van der Waals surface area contributed by atoms with E-state index in [1.165, 1.54) is 13.1 Å². The van der Waals surface area contributed by atoms with Crippen LogP contribution in [0.15, 0.2) is 6.07 Å². The first-order valence-electron chi connectivity index (χ1n) is 4.67. The second-order valence-corrected chi connectivity index (χ2v) is 3.27. The minimum atomic E-state index is -4.20. The van der Waals surface area contributed by atoms with E-state index in [4.69, 9.17) is 0 Å². The molecule has 0 aliphatic rings. The SMILES string of the molecule is CNc1nc(C)cc(OCC(F)(F)C(F)F)n1. The zero-order valence-corrected chi connectivity index (χ0v) is 9.18. The predicted octanol–water partition coefficient (Wildman–Crippen LogP) is 2.11. The molecule has 0 saturated heterocycles. The van der Waals surface area contributed by atoms with E-state index in [1.807, 2.05) is 0 Å². The monoisotopic (exact) mass is 253 g/mol. The normalized spacial score (nSPS) is 11.7. The number of rotatable bonds is 5. The highest BCUT2D eigenvalue weighted by Crippen LogP contribution is 2.24. The van der Waals surface area contributed by atoms with Crippen LogP contribution < -0.4 is 10.1 Å². The Hall–Kier alpha value is -1.60. The number of hydrogen-bond acceptors (Lipinski definition) is 4. The van der Waals surface area contributed by atoms with Gasteiger partial charge in [-0.2, -0.15) is 13.8 Å². The van der Waals surface area contributed by atoms with Crippen molar-refractivity contribution in [1.29, 1.82) is 0 Å². The molecule has 1 rings (SSSR count). The molecule has 17 heavy (non-hydrogen) atoms. The second-order valence-electron chi connectivity index (χ2n) is 3.27. The Morgan fingerprint density at radius 1 is 1.41 bits per heavy atom. The molecule has 0 amide bonds. The lowest BCUT2D eigenvalue weighted by Gasteiger charge is -2.15. The van der Waals surface area contributed by atoms with Crippen molar-refractivity contribution in [2.45, 2.75) is 19.3 Å². The quantitative estimate of drug-likeness (QED) is 0.816. The van der Waals surface area contributed by atoms with E-state index in [2.05, 4.69) is 20.0 Å². The van der Waals surface area contributed by atoms with Gasteiger partial charge in [0.25, 0.3) is 0 Å². The van der Waals surface area contributed by atoms with Gasteiger partial charge in [-0.15, -0.1) is 0 Å². The molecule has 0 atom stereocenters. The lowest BCUT2D eigenvalue weighted by molar-refractivity contribution is -0.148. The molecule has 0 aromatic carbocycles. The number of nitrogens with one attached hydrogen (secondary N) is 1. The van der Waals surface area contributed by atoms with Crippen molar-refractivity contribution >= 4 is 5.95 Å². The molecule has 0 aliphatic carbocycles. The van der Waals surface area contributed by atoms with Gasteiger partial charge in [0.15, 0.2) is 6.61 Å². The number of alkyl halides is 4. The number of aryl methyl sites for hydroxylation is 1. The van der Waals surface area contributed by atoms with Crippen LogP contribution in [-0.2, 0) is 0 Å². The van der Waals surface area contributed by atoms with Gasteiger partial charge in [0.1, 0.15) is 0 Å². The fourth-order valence-corrected chi connectivity index (χ4v) is 0.959. The Labute approximate surface area is 95.0 Å². The van der Waals surface area contributed by atoms with E-state index in [-0.39, 0.29) is 11.8 Å². The molecular formula is C9H11F4N3O. The minimum absolute atomic E-state index is 0.167. The highest BCUT2D eigenvalue weighted by Gasteiger charge is 2.41. The molecular weight excluding hydrogens is 242 g/mol. The van der Waals surface area contributed by atoms with Crippen molar-refractivity contribution < 1.29 is 22.3 Å². The van der Waals surface area contributed by atoms with Gasteiger partial charge in [0.05, 0.1) is 0 Å². The first-order chi connectivity index (χ1) is 7.85. The summed E-state index contributed by atoms with van der Waals surface area (Å²) in [6.45, 7) is 0.172. The summed E-state index contributed by atoms with van der Waals surface area (Å²) >= 11 is 0. The van der Waals surface area contributed by atoms with Gasteiger partial charge in [-0.3, -0.25) is 0 Å². The van der Waals surface area contributed by atoms with Gasteiger partial charge in [-0.1, -0.05) is 0 Å². The molecule has 0 spiro atoms. The number of anilines is 1. The number of nitrogens with zero attached hydrogens (tertiary/aromatic N) is 2. The third-order valence-electron chi connectivity index (χ3n) is 1.79. The molecule has 1 aromatic heterocycles. The average Bonchev–Trinajstić information content (AvgIpc) is 2.25. The third-order valence-corrected chi connectivity index (χ3v) is 1.79. The predicted molar refractivity (Wildman–Crippen MR) is 52.8 cm³/mol. The van der Waals surface area contributed by atoms with E-state index in [1.54, 1.807) is 6.92 Å². The highest BCUT2D eigenvalue weighted by molar-refractivity contribution is 5.29. The van der Waals surface area contributed by atoms with Crippen LogP contribution in [0.25, 0.3) is 0 Å². The van der Waals surface area contributed by atoms with Crippen LogP contribution in [0, 0.1) is 6.92 Å². The lowest BCUT2D eigenvalue weighted by atomic mass is 10.4. The van der Waals surface area contributed by atoms with Crippen LogP contribution >= 0.6 is 0 Å². The number of aromatic nitrogens is 2. The van der Waals surface area contributed by atoms with Gasteiger partial charge in [0, 0.05) is 18.8 Å². The lowest BCUT2D eigenvalue weighted by Crippen LogP contribution is -2.34. The van der Waals surface area contributed by atoms with Crippen molar-refractivity contribution in [3.05, 3.63) is 11.8 Å². The number of ether oxygens (including phenoxy) is 1. The molecule has 0 radical (unpaired) electrons. The molecule has 0 unspecified atom stereocenters. The van der Waals surface area contributed by atoms with Crippen LogP contribution in [0.3, 0.4) is 0 Å². The molecule has 1 N–H and O–H groups in total. The summed E-state index contributed by atoms with van der Waals surface area (Å²) in [7, 11) is 1.53. The molecule has 1 heterocycles. The largest absolute Gasteiger partial charge is 0.471 e. The maximum Gasteiger partial charge on any atom is 0.340 e. The average molecular weight is 253 g/mol. The zero-order valence-electron chi connectivity index (χ0n) is 9.18. The van der Waals surface area contributed by atoms with Crippen LogP contribution in [0.5, 0.6) is 5.88 Å². The summed E-state index contributed by atoms with van der Waals surface area (Å²) in [5, 5.41) is 2.59. The summed E-state index contributed by atoms with van der Waals surface area (Å²) in [4.78, 5) is 7.59. The Kier molecular flexibility index (Phi) is 4.08. The Bertz CT molecular complexity index is 387. The third kappa shape index (κ3) is 3.72. The maximum absolute atomic E-state index is 12.6. The first kappa shape index (κ1) is 13.5. The highest BCUT2D eigenvalue weighted by atomic mass is 19.3. The first-order valence-corrected chi connectivity index (χ1v) is 4.67. The Morgan fingerprint density at radius 3 is 2.59 bits per heavy atom. The number of hydrogen-bond donors (Lipinski definition) is 1. The Morgan fingerprint density at radius 2 is 2.06 bits per heavy atom. The topological polar surface area (TPSA) is 47.0 Å². The fraction of sp³-hybridized carbons (Fsp3) is 0.556. The van der Waals surface area contributed by atoms with E-state index >= 15 is 0 Å². The van der Waals surface area contributed by atoms with Gasteiger partial charge in [-0.25, -0.2) is 13.8 Å². The van der Waals surface area contributed by atoms with Crippen LogP contribution in [0.1, 0.15) is 5.69 Å². The maximum atomic E-state index is 12.6. The van der Waals surface area contributed by atoms with Gasteiger partial charge < -0.3 is 10.1 Å². The fourth-order valence-electron chi connectivity index (χ4n) is 0.959. The summed E-state index contributed by atoms with van der Waals surface area (Å²) in [6.07, 6.45) is -3.77. The molecule has 0 fully saturated rings. The van der Waals surface area contributed by atoms with E-state index in [9.17, 15) is 17.6 Å². The molecule has 8 heteroatoms. The van der Waals surface area contributed by atoms with Crippen LogP contribution in [-0.4, -0.2) is 36.0 Å².